The number of hydrogen-bond acceptors (Lipinski definition) is 2. The second-order valence-electron chi connectivity index (χ2n) is 2.06. The van der Waals surface area contributed by atoms with E-state index in [1.165, 1.54) is 0 Å². The summed E-state index contributed by atoms with van der Waals surface area (Å²) in [6.45, 7) is 3.98. The minimum atomic E-state index is 1.04. The van der Waals surface area contributed by atoms with Crippen LogP contribution in [0.15, 0.2) is 6.07 Å². The van der Waals surface area contributed by atoms with E-state index in [1.54, 1.807) is 4.79 Å². The van der Waals surface area contributed by atoms with Gasteiger partial charge >= 0.3 is 0 Å². The third-order valence-electron chi connectivity index (χ3n) is 1.22. The van der Waals surface area contributed by atoms with Crippen LogP contribution >= 0.6 is 0 Å². The molecule has 1 rings (SSSR count). The predicted octanol–water partition coefficient (Wildman–Crippen LogP) is 0.673. The van der Waals surface area contributed by atoms with Gasteiger partial charge in [-0.2, -0.15) is 9.89 Å². The zero-order valence-corrected chi connectivity index (χ0v) is 5.97. The van der Waals surface area contributed by atoms with Crippen LogP contribution in [0.25, 0.3) is 0 Å². The second-order valence-corrected chi connectivity index (χ2v) is 2.06. The summed E-state index contributed by atoms with van der Waals surface area (Å²) in [5.74, 6) is 0. The molecule has 50 valence electrons. The summed E-state index contributed by atoms with van der Waals surface area (Å²) in [4.78, 5) is 1.75. The molecule has 1 aromatic heterocycles. The van der Waals surface area contributed by atoms with Gasteiger partial charge in [-0.15, -0.1) is 0 Å². The highest BCUT2D eigenvalue weighted by atomic mass is 15.5. The third kappa shape index (κ3) is 1.04. The molecule has 0 fully saturated rings. The molecule has 0 unspecified atom stereocenters. The molecular formula is C6H11N3. The summed E-state index contributed by atoms with van der Waals surface area (Å²) in [6.07, 6.45) is 0. The van der Waals surface area contributed by atoms with Crippen molar-refractivity contribution in [2.75, 3.05) is 12.5 Å². The van der Waals surface area contributed by atoms with Gasteiger partial charge in [-0.05, 0) is 19.9 Å². The molecular weight excluding hydrogens is 114 g/mol. The van der Waals surface area contributed by atoms with Gasteiger partial charge in [0.15, 0.2) is 0 Å². The Morgan fingerprint density at radius 1 is 1.56 bits per heavy atom. The Labute approximate surface area is 54.7 Å². The lowest BCUT2D eigenvalue weighted by atomic mass is 10.4. The molecule has 0 aromatic carbocycles. The van der Waals surface area contributed by atoms with E-state index in [9.17, 15) is 0 Å². The second kappa shape index (κ2) is 2.09. The Morgan fingerprint density at radius 2 is 2.22 bits per heavy atom. The average Bonchev–Trinajstić information content (AvgIpc) is 2.10. The van der Waals surface area contributed by atoms with Crippen LogP contribution in [-0.2, 0) is 0 Å². The van der Waals surface area contributed by atoms with E-state index in [2.05, 4.69) is 10.5 Å². The molecule has 0 atom stereocenters. The molecule has 0 aliphatic carbocycles. The van der Waals surface area contributed by atoms with Crippen LogP contribution in [0.5, 0.6) is 0 Å². The normalized spacial score (nSPS) is 9.67. The first kappa shape index (κ1) is 6.13. The number of nitrogens with zero attached hydrogens (tertiary/aromatic N) is 2. The van der Waals surface area contributed by atoms with E-state index in [0.717, 1.165) is 11.4 Å². The molecule has 0 bridgehead atoms. The Hall–Kier alpha value is -0.990. The molecule has 1 N–H and O–H groups in total. The van der Waals surface area contributed by atoms with Gasteiger partial charge in [-0.25, -0.2) is 0 Å². The van der Waals surface area contributed by atoms with Gasteiger partial charge in [0, 0.05) is 7.05 Å². The van der Waals surface area contributed by atoms with E-state index in [0.29, 0.717) is 0 Å². The van der Waals surface area contributed by atoms with Gasteiger partial charge in [-0.3, -0.25) is 0 Å². The molecule has 0 aliphatic rings. The molecule has 3 heteroatoms. The van der Waals surface area contributed by atoms with Crippen LogP contribution in [-0.4, -0.2) is 16.9 Å². The highest BCUT2D eigenvalue weighted by molar-refractivity contribution is 5.07. The molecule has 1 aromatic rings. The maximum absolute atomic E-state index is 4.13. The minimum absolute atomic E-state index is 1.04. The lowest BCUT2D eigenvalue weighted by molar-refractivity contribution is 0.746. The molecule has 0 radical (unpaired) electrons. The van der Waals surface area contributed by atoms with Crippen molar-refractivity contribution in [3.63, 3.8) is 0 Å². The van der Waals surface area contributed by atoms with E-state index in [4.69, 9.17) is 0 Å². The summed E-state index contributed by atoms with van der Waals surface area (Å²) in [6, 6.07) is 2.02. The van der Waals surface area contributed by atoms with E-state index in [-0.39, 0.29) is 0 Å². The number of rotatable bonds is 1. The highest BCUT2D eigenvalue weighted by Crippen LogP contribution is 1.97. The highest BCUT2D eigenvalue weighted by Gasteiger charge is 1.94. The van der Waals surface area contributed by atoms with Crippen molar-refractivity contribution in [2.24, 2.45) is 0 Å². The van der Waals surface area contributed by atoms with E-state index in [1.807, 2.05) is 27.0 Å². The first-order valence-electron chi connectivity index (χ1n) is 2.95. The van der Waals surface area contributed by atoms with E-state index < -0.39 is 0 Å². The van der Waals surface area contributed by atoms with Crippen molar-refractivity contribution >= 4 is 0 Å². The Kier molecular flexibility index (Phi) is 1.42. The quantitative estimate of drug-likeness (QED) is 0.598. The average molecular weight is 125 g/mol. The summed E-state index contributed by atoms with van der Waals surface area (Å²) < 4.78 is 0. The number of aromatic nitrogens is 2. The van der Waals surface area contributed by atoms with Crippen molar-refractivity contribution in [1.29, 1.82) is 0 Å². The summed E-state index contributed by atoms with van der Waals surface area (Å²) >= 11 is 0. The first-order valence-corrected chi connectivity index (χ1v) is 2.95. The molecule has 0 aliphatic heterocycles. The third-order valence-corrected chi connectivity index (χ3v) is 1.22. The Morgan fingerprint density at radius 3 is 2.44 bits per heavy atom. The molecule has 1 heterocycles. The van der Waals surface area contributed by atoms with Crippen molar-refractivity contribution in [2.45, 2.75) is 13.8 Å². The zero-order chi connectivity index (χ0) is 6.85. The van der Waals surface area contributed by atoms with Crippen molar-refractivity contribution in [3.05, 3.63) is 17.5 Å². The van der Waals surface area contributed by atoms with Crippen LogP contribution in [0.3, 0.4) is 0 Å². The maximum atomic E-state index is 4.13. The van der Waals surface area contributed by atoms with Crippen LogP contribution in [0, 0.1) is 13.8 Å². The number of aryl methyl sites for hydroxylation is 2. The SMILES string of the molecule is CNn1nc(C)cc1C. The fourth-order valence-electron chi connectivity index (χ4n) is 0.855. The van der Waals surface area contributed by atoms with Crippen LogP contribution in [0.4, 0.5) is 0 Å². The van der Waals surface area contributed by atoms with Crippen molar-refractivity contribution in [3.8, 4) is 0 Å². The molecule has 3 nitrogen and oxygen atoms in total. The number of hydrogen-bond donors (Lipinski definition) is 1. The molecule has 0 saturated heterocycles. The standard InChI is InChI=1S/C6H11N3/c1-5-4-6(2)9(7-3)8-5/h4,7H,1-3H3. The zero-order valence-electron chi connectivity index (χ0n) is 5.97. The lowest BCUT2D eigenvalue weighted by Crippen LogP contribution is -2.11. The predicted molar refractivity (Wildman–Crippen MR) is 37.0 cm³/mol. The van der Waals surface area contributed by atoms with Crippen LogP contribution in [0.1, 0.15) is 11.4 Å². The number of nitrogens with one attached hydrogen (secondary N) is 1. The molecule has 0 spiro atoms. The lowest BCUT2D eigenvalue weighted by Gasteiger charge is -1.98. The van der Waals surface area contributed by atoms with E-state index >= 15 is 0 Å². The largest absolute Gasteiger partial charge is 0.313 e. The van der Waals surface area contributed by atoms with Gasteiger partial charge in [0.1, 0.15) is 0 Å². The summed E-state index contributed by atoms with van der Waals surface area (Å²) in [5.41, 5.74) is 5.10. The van der Waals surface area contributed by atoms with Crippen molar-refractivity contribution < 1.29 is 0 Å². The topological polar surface area (TPSA) is 29.9 Å². The van der Waals surface area contributed by atoms with Gasteiger partial charge in [0.25, 0.3) is 0 Å². The van der Waals surface area contributed by atoms with Crippen molar-refractivity contribution in [1.82, 2.24) is 9.89 Å². The molecule has 0 amide bonds. The van der Waals surface area contributed by atoms with Gasteiger partial charge in [0.05, 0.1) is 11.4 Å². The first-order chi connectivity index (χ1) is 4.24. The molecule has 9 heavy (non-hydrogen) atoms. The summed E-state index contributed by atoms with van der Waals surface area (Å²) in [5, 5.41) is 4.13. The molecule has 0 saturated carbocycles. The Balaban J connectivity index is 3.01. The summed E-state index contributed by atoms with van der Waals surface area (Å²) in [7, 11) is 1.85. The smallest absolute Gasteiger partial charge is 0.0617 e. The monoisotopic (exact) mass is 125 g/mol. The fraction of sp³-hybridized carbons (Fsp3) is 0.500. The van der Waals surface area contributed by atoms with Gasteiger partial charge in [-0.1, -0.05) is 0 Å². The Bertz CT molecular complexity index is 202. The van der Waals surface area contributed by atoms with Gasteiger partial charge in [0.2, 0.25) is 0 Å². The van der Waals surface area contributed by atoms with Crippen LogP contribution in [0.2, 0.25) is 0 Å². The van der Waals surface area contributed by atoms with Crippen LogP contribution < -0.4 is 5.43 Å². The fourth-order valence-corrected chi connectivity index (χ4v) is 0.855. The maximum Gasteiger partial charge on any atom is 0.0617 e. The van der Waals surface area contributed by atoms with Gasteiger partial charge < -0.3 is 5.43 Å². The minimum Gasteiger partial charge on any atom is -0.313 e.